The van der Waals surface area contributed by atoms with E-state index in [0.29, 0.717) is 30.9 Å². The van der Waals surface area contributed by atoms with Crippen LogP contribution in [0.2, 0.25) is 0 Å². The predicted molar refractivity (Wildman–Crippen MR) is 152 cm³/mol. The van der Waals surface area contributed by atoms with Crippen molar-refractivity contribution in [2.45, 2.75) is 63.8 Å². The highest BCUT2D eigenvalue weighted by Gasteiger charge is 2.45. The molecule has 0 spiro atoms. The molecule has 2 unspecified atom stereocenters. The fourth-order valence-electron chi connectivity index (χ4n) is 5.39. The van der Waals surface area contributed by atoms with Crippen LogP contribution in [0.5, 0.6) is 5.75 Å². The summed E-state index contributed by atoms with van der Waals surface area (Å²) in [5.41, 5.74) is 6.98. The van der Waals surface area contributed by atoms with E-state index in [1.54, 1.807) is 7.11 Å². The molecule has 1 fully saturated rings. The van der Waals surface area contributed by atoms with Gasteiger partial charge in [0.25, 0.3) is 0 Å². The van der Waals surface area contributed by atoms with E-state index < -0.39 is 12.4 Å². The highest BCUT2D eigenvalue weighted by atomic mass is 16.6. The van der Waals surface area contributed by atoms with Crippen LogP contribution in [0.3, 0.4) is 0 Å². The third-order valence-corrected chi connectivity index (χ3v) is 7.86. The molecule has 2 N–H and O–H groups in total. The highest BCUT2D eigenvalue weighted by Crippen LogP contribution is 2.52. The smallest absolute Gasteiger partial charge is 0.172 e. The molecule has 4 aromatic rings. The van der Waals surface area contributed by atoms with Gasteiger partial charge >= 0.3 is 0 Å². The van der Waals surface area contributed by atoms with E-state index >= 15 is 0 Å². The molecular weight excluding hydrogens is 490 g/mol. The summed E-state index contributed by atoms with van der Waals surface area (Å²) in [6.45, 7) is 4.29. The summed E-state index contributed by atoms with van der Waals surface area (Å²) in [5, 5.41) is 25.4. The molecule has 1 aliphatic rings. The molecule has 0 aliphatic heterocycles. The first kappa shape index (κ1) is 27.1. The largest absolute Gasteiger partial charge is 0.497 e. The fraction of sp³-hybridized carbons (Fsp3) is 0.364. The number of benzene rings is 3. The second-order valence-corrected chi connectivity index (χ2v) is 10.5. The lowest BCUT2D eigenvalue weighted by Crippen LogP contribution is -2.20. The Balaban J connectivity index is 1.27. The maximum atomic E-state index is 11.1. The standard InChI is InChI=1S/C33H37NO5/c1-4-38-30(36)21-33(19-20-33)27-14-12-25(13-15-27)24-8-10-26(11-9-24)32-31(22(2)34-39-32)29(35)18-7-23-5-16-28(37-3)17-6-23/h5-6,8-17,29-30,35-36H,4,7,18-21H2,1-3H3. The van der Waals surface area contributed by atoms with E-state index in [1.807, 2.05) is 50.2 Å². The molecule has 0 amide bonds. The van der Waals surface area contributed by atoms with Gasteiger partial charge in [0, 0.05) is 24.0 Å². The number of aliphatic hydroxyl groups excluding tert-OH is 2. The Morgan fingerprint density at radius 2 is 1.51 bits per heavy atom. The minimum absolute atomic E-state index is 0.0335. The van der Waals surface area contributed by atoms with Gasteiger partial charge in [-0.2, -0.15) is 0 Å². The number of aliphatic hydroxyl groups is 2. The Morgan fingerprint density at radius 1 is 0.897 bits per heavy atom. The van der Waals surface area contributed by atoms with Crippen LogP contribution in [0.4, 0.5) is 0 Å². The molecule has 39 heavy (non-hydrogen) atoms. The Labute approximate surface area is 230 Å². The average molecular weight is 528 g/mol. The second-order valence-electron chi connectivity index (χ2n) is 10.5. The zero-order valence-corrected chi connectivity index (χ0v) is 22.9. The van der Waals surface area contributed by atoms with Crippen LogP contribution in [0.15, 0.2) is 77.3 Å². The number of aromatic nitrogens is 1. The Kier molecular flexibility index (Phi) is 8.17. The summed E-state index contributed by atoms with van der Waals surface area (Å²) in [6.07, 6.45) is 2.70. The van der Waals surface area contributed by atoms with Gasteiger partial charge in [0.2, 0.25) is 0 Å². The monoisotopic (exact) mass is 527 g/mol. The summed E-state index contributed by atoms with van der Waals surface area (Å²) < 4.78 is 16.3. The van der Waals surface area contributed by atoms with E-state index in [2.05, 4.69) is 41.6 Å². The van der Waals surface area contributed by atoms with E-state index in [9.17, 15) is 10.2 Å². The van der Waals surface area contributed by atoms with E-state index in [0.717, 1.165) is 52.8 Å². The number of aryl methyl sites for hydroxylation is 2. The number of rotatable bonds is 12. The lowest BCUT2D eigenvalue weighted by molar-refractivity contribution is -0.104. The Hall–Kier alpha value is -3.45. The van der Waals surface area contributed by atoms with Gasteiger partial charge in [0.05, 0.1) is 24.5 Å². The van der Waals surface area contributed by atoms with E-state index in [4.69, 9.17) is 14.0 Å². The third-order valence-electron chi connectivity index (χ3n) is 7.86. The van der Waals surface area contributed by atoms with Gasteiger partial charge in [0.15, 0.2) is 12.1 Å². The minimum atomic E-state index is -0.713. The van der Waals surface area contributed by atoms with Crippen LogP contribution < -0.4 is 4.74 Å². The molecule has 1 aromatic heterocycles. The van der Waals surface area contributed by atoms with Gasteiger partial charge in [-0.15, -0.1) is 0 Å². The zero-order valence-electron chi connectivity index (χ0n) is 22.9. The molecule has 5 rings (SSSR count). The SMILES string of the molecule is CCOC(O)CC1(c2ccc(-c3ccc(-c4onc(C)c4C(O)CCc4ccc(OC)cc4)cc3)cc2)CC1. The van der Waals surface area contributed by atoms with Gasteiger partial charge in [0.1, 0.15) is 5.75 Å². The minimum Gasteiger partial charge on any atom is -0.497 e. The normalized spacial score (nSPS) is 15.6. The molecule has 204 valence electrons. The summed E-state index contributed by atoms with van der Waals surface area (Å²) >= 11 is 0. The maximum Gasteiger partial charge on any atom is 0.172 e. The lowest BCUT2D eigenvalue weighted by Gasteiger charge is -2.20. The van der Waals surface area contributed by atoms with Gasteiger partial charge < -0.3 is 24.2 Å². The first-order valence-corrected chi connectivity index (χ1v) is 13.7. The van der Waals surface area contributed by atoms with Crippen LogP contribution in [-0.2, 0) is 16.6 Å². The van der Waals surface area contributed by atoms with Crippen molar-refractivity contribution in [1.29, 1.82) is 0 Å². The summed E-state index contributed by atoms with van der Waals surface area (Å²) in [4.78, 5) is 0. The van der Waals surface area contributed by atoms with Crippen LogP contribution in [-0.4, -0.2) is 35.4 Å². The zero-order chi connectivity index (χ0) is 27.4. The highest BCUT2D eigenvalue weighted by molar-refractivity contribution is 5.70. The van der Waals surface area contributed by atoms with Crippen molar-refractivity contribution < 1.29 is 24.2 Å². The van der Waals surface area contributed by atoms with Crippen LogP contribution in [0.1, 0.15) is 61.1 Å². The van der Waals surface area contributed by atoms with Crippen LogP contribution >= 0.6 is 0 Å². The molecule has 0 radical (unpaired) electrons. The van der Waals surface area contributed by atoms with Crippen molar-refractivity contribution in [3.05, 3.63) is 95.2 Å². The van der Waals surface area contributed by atoms with Gasteiger partial charge in [-0.1, -0.05) is 65.8 Å². The van der Waals surface area contributed by atoms with Crippen molar-refractivity contribution in [2.75, 3.05) is 13.7 Å². The van der Waals surface area contributed by atoms with Crippen molar-refractivity contribution in [1.82, 2.24) is 5.16 Å². The predicted octanol–water partition coefficient (Wildman–Crippen LogP) is 6.77. The van der Waals surface area contributed by atoms with Gasteiger partial charge in [-0.05, 0) is 73.9 Å². The first-order valence-electron chi connectivity index (χ1n) is 13.7. The van der Waals surface area contributed by atoms with E-state index in [-0.39, 0.29) is 5.41 Å². The number of nitrogens with zero attached hydrogens (tertiary/aromatic N) is 1. The summed E-state index contributed by atoms with van der Waals surface area (Å²) in [7, 11) is 1.65. The molecule has 3 aromatic carbocycles. The summed E-state index contributed by atoms with van der Waals surface area (Å²) in [5.74, 6) is 1.43. The topological polar surface area (TPSA) is 85.0 Å². The van der Waals surface area contributed by atoms with Crippen molar-refractivity contribution in [2.24, 2.45) is 0 Å². The Bertz CT molecular complexity index is 1350. The van der Waals surface area contributed by atoms with Crippen molar-refractivity contribution >= 4 is 0 Å². The number of hydrogen-bond acceptors (Lipinski definition) is 6. The van der Waals surface area contributed by atoms with Gasteiger partial charge in [-0.25, -0.2) is 0 Å². The molecule has 0 saturated heterocycles. The second kappa shape index (κ2) is 11.7. The molecule has 6 nitrogen and oxygen atoms in total. The first-order chi connectivity index (χ1) is 18.9. The number of hydrogen-bond donors (Lipinski definition) is 2. The van der Waals surface area contributed by atoms with Crippen molar-refractivity contribution in [3.63, 3.8) is 0 Å². The summed E-state index contributed by atoms with van der Waals surface area (Å²) in [6, 6.07) is 24.7. The van der Waals surface area contributed by atoms with Crippen molar-refractivity contribution in [3.8, 4) is 28.2 Å². The molecule has 6 heteroatoms. The molecule has 1 saturated carbocycles. The van der Waals surface area contributed by atoms with Crippen LogP contribution in [0, 0.1) is 6.92 Å². The van der Waals surface area contributed by atoms with E-state index in [1.165, 1.54) is 5.56 Å². The molecule has 1 aliphatic carbocycles. The molecule has 0 bridgehead atoms. The average Bonchev–Trinajstić information content (AvgIpc) is 3.64. The quantitative estimate of drug-likeness (QED) is 0.198. The van der Waals surface area contributed by atoms with Gasteiger partial charge in [-0.3, -0.25) is 0 Å². The Morgan fingerprint density at radius 3 is 2.10 bits per heavy atom. The van der Waals surface area contributed by atoms with Crippen LogP contribution in [0.25, 0.3) is 22.5 Å². The number of ether oxygens (including phenoxy) is 2. The molecular formula is C33H37NO5. The molecule has 1 heterocycles. The molecule has 2 atom stereocenters. The third kappa shape index (κ3) is 6.09. The fourth-order valence-corrected chi connectivity index (χ4v) is 5.39. The maximum absolute atomic E-state index is 11.1. The lowest BCUT2D eigenvalue weighted by atomic mass is 9.90. The number of methoxy groups -OCH3 is 1.